The van der Waals surface area contributed by atoms with Crippen LogP contribution >= 0.6 is 15.9 Å². The molecule has 0 aliphatic heterocycles. The Bertz CT molecular complexity index is 376. The standard InChI is InChI=1S/C9H8BrNO3/c10-5-1-2-7-3-4-9(12)8(6-7)11(13)14/h1-4,6,12H,5H2. The minimum Gasteiger partial charge on any atom is -0.502 e. The van der Waals surface area contributed by atoms with Crippen molar-refractivity contribution in [1.82, 2.24) is 0 Å². The second kappa shape index (κ2) is 4.76. The molecule has 1 aromatic carbocycles. The summed E-state index contributed by atoms with van der Waals surface area (Å²) in [5, 5.41) is 20.3. The van der Waals surface area contributed by atoms with Crippen LogP contribution in [0.2, 0.25) is 0 Å². The molecular formula is C9H8BrNO3. The molecule has 0 aliphatic carbocycles. The number of phenolic OH excluding ortho intramolecular Hbond substituents is 1. The van der Waals surface area contributed by atoms with Crippen molar-refractivity contribution in [3.05, 3.63) is 40.0 Å². The van der Waals surface area contributed by atoms with Crippen LogP contribution < -0.4 is 0 Å². The summed E-state index contributed by atoms with van der Waals surface area (Å²) in [4.78, 5) is 9.85. The van der Waals surface area contributed by atoms with Crippen molar-refractivity contribution in [1.29, 1.82) is 0 Å². The monoisotopic (exact) mass is 257 g/mol. The fourth-order valence-corrected chi connectivity index (χ4v) is 1.16. The number of allylic oxidation sites excluding steroid dienone is 1. The van der Waals surface area contributed by atoms with Crippen molar-refractivity contribution in [3.63, 3.8) is 0 Å². The van der Waals surface area contributed by atoms with E-state index in [2.05, 4.69) is 15.9 Å². The zero-order valence-corrected chi connectivity index (χ0v) is 8.77. The van der Waals surface area contributed by atoms with Gasteiger partial charge in [0.2, 0.25) is 0 Å². The van der Waals surface area contributed by atoms with Crippen molar-refractivity contribution in [3.8, 4) is 5.75 Å². The van der Waals surface area contributed by atoms with Crippen molar-refractivity contribution < 1.29 is 10.0 Å². The van der Waals surface area contributed by atoms with E-state index in [0.29, 0.717) is 10.9 Å². The topological polar surface area (TPSA) is 63.4 Å². The summed E-state index contributed by atoms with van der Waals surface area (Å²) in [5.41, 5.74) is 0.413. The predicted molar refractivity (Wildman–Crippen MR) is 57.6 cm³/mol. The van der Waals surface area contributed by atoms with Crippen LogP contribution in [-0.4, -0.2) is 15.4 Å². The molecule has 0 fully saturated rings. The largest absolute Gasteiger partial charge is 0.502 e. The number of phenols is 1. The lowest BCUT2D eigenvalue weighted by molar-refractivity contribution is -0.385. The van der Waals surface area contributed by atoms with E-state index in [0.717, 1.165) is 0 Å². The molecule has 4 nitrogen and oxygen atoms in total. The molecule has 0 bridgehead atoms. The number of nitro benzene ring substituents is 1. The van der Waals surface area contributed by atoms with Gasteiger partial charge in [-0.05, 0) is 11.6 Å². The van der Waals surface area contributed by atoms with Gasteiger partial charge in [-0.25, -0.2) is 0 Å². The number of benzene rings is 1. The number of nitrogens with zero attached hydrogens (tertiary/aromatic N) is 1. The summed E-state index contributed by atoms with van der Waals surface area (Å²) in [6.45, 7) is 0. The molecule has 0 saturated heterocycles. The van der Waals surface area contributed by atoms with Crippen LogP contribution in [0.1, 0.15) is 5.56 Å². The summed E-state index contributed by atoms with van der Waals surface area (Å²) in [6, 6.07) is 4.25. The van der Waals surface area contributed by atoms with Crippen LogP contribution in [0.5, 0.6) is 5.75 Å². The third kappa shape index (κ3) is 2.56. The molecule has 1 aromatic rings. The van der Waals surface area contributed by atoms with Gasteiger partial charge in [0.1, 0.15) is 0 Å². The van der Waals surface area contributed by atoms with Crippen molar-refractivity contribution >= 4 is 27.7 Å². The molecule has 0 amide bonds. The van der Waals surface area contributed by atoms with Gasteiger partial charge >= 0.3 is 5.69 Å². The molecule has 0 atom stereocenters. The van der Waals surface area contributed by atoms with Gasteiger partial charge in [-0.15, -0.1) is 0 Å². The Morgan fingerprint density at radius 3 is 2.86 bits per heavy atom. The van der Waals surface area contributed by atoms with Crippen LogP contribution in [0.3, 0.4) is 0 Å². The molecule has 0 spiro atoms. The average molecular weight is 258 g/mol. The zero-order chi connectivity index (χ0) is 10.6. The fraction of sp³-hybridized carbons (Fsp3) is 0.111. The molecule has 0 radical (unpaired) electrons. The smallest absolute Gasteiger partial charge is 0.311 e. The van der Waals surface area contributed by atoms with Crippen molar-refractivity contribution in [2.24, 2.45) is 0 Å². The predicted octanol–water partition coefficient (Wildman–Crippen LogP) is 2.71. The molecule has 74 valence electrons. The Kier molecular flexibility index (Phi) is 3.64. The Labute approximate surface area is 89.2 Å². The van der Waals surface area contributed by atoms with E-state index in [9.17, 15) is 10.1 Å². The van der Waals surface area contributed by atoms with Gasteiger partial charge in [-0.2, -0.15) is 0 Å². The van der Waals surface area contributed by atoms with Crippen molar-refractivity contribution in [2.45, 2.75) is 0 Å². The number of halogens is 1. The highest BCUT2D eigenvalue weighted by molar-refractivity contribution is 9.09. The van der Waals surface area contributed by atoms with Gasteiger partial charge in [0, 0.05) is 11.4 Å². The Morgan fingerprint density at radius 1 is 1.57 bits per heavy atom. The Morgan fingerprint density at radius 2 is 2.29 bits per heavy atom. The number of nitro groups is 1. The third-order valence-electron chi connectivity index (χ3n) is 1.60. The molecule has 0 unspecified atom stereocenters. The first-order valence-electron chi connectivity index (χ1n) is 3.85. The van der Waals surface area contributed by atoms with E-state index in [1.165, 1.54) is 12.1 Å². The quantitative estimate of drug-likeness (QED) is 0.515. The summed E-state index contributed by atoms with van der Waals surface area (Å²) in [6.07, 6.45) is 3.55. The van der Waals surface area contributed by atoms with Gasteiger partial charge in [-0.3, -0.25) is 10.1 Å². The van der Waals surface area contributed by atoms with Crippen LogP contribution in [-0.2, 0) is 0 Å². The maximum absolute atomic E-state index is 10.5. The highest BCUT2D eigenvalue weighted by Gasteiger charge is 2.12. The zero-order valence-electron chi connectivity index (χ0n) is 7.18. The first-order valence-corrected chi connectivity index (χ1v) is 4.97. The van der Waals surface area contributed by atoms with Crippen LogP contribution in [0.25, 0.3) is 6.08 Å². The maximum Gasteiger partial charge on any atom is 0.311 e. The number of aromatic hydroxyl groups is 1. The normalized spacial score (nSPS) is 10.6. The van der Waals surface area contributed by atoms with Crippen molar-refractivity contribution in [2.75, 3.05) is 5.33 Å². The second-order valence-corrected chi connectivity index (χ2v) is 3.21. The first kappa shape index (κ1) is 10.7. The highest BCUT2D eigenvalue weighted by Crippen LogP contribution is 2.26. The van der Waals surface area contributed by atoms with E-state index < -0.39 is 4.92 Å². The Hall–Kier alpha value is -1.36. The first-order chi connectivity index (χ1) is 6.65. The summed E-state index contributed by atoms with van der Waals surface area (Å²) < 4.78 is 0. The SMILES string of the molecule is O=[N+]([O-])c1cc(C=CCBr)ccc1O. The lowest BCUT2D eigenvalue weighted by atomic mass is 10.2. The lowest BCUT2D eigenvalue weighted by Crippen LogP contribution is -1.88. The highest BCUT2D eigenvalue weighted by atomic mass is 79.9. The van der Waals surface area contributed by atoms with Gasteiger partial charge in [0.25, 0.3) is 0 Å². The number of hydrogen-bond donors (Lipinski definition) is 1. The molecule has 0 heterocycles. The average Bonchev–Trinajstić information content (AvgIpc) is 2.16. The Balaban J connectivity index is 3.06. The minimum absolute atomic E-state index is 0.276. The molecule has 0 aromatic heterocycles. The minimum atomic E-state index is -0.610. The molecule has 14 heavy (non-hydrogen) atoms. The molecule has 1 N–H and O–H groups in total. The number of rotatable bonds is 3. The fourth-order valence-electron chi connectivity index (χ4n) is 0.971. The van der Waals surface area contributed by atoms with Crippen LogP contribution in [0.4, 0.5) is 5.69 Å². The van der Waals surface area contributed by atoms with E-state index in [-0.39, 0.29) is 11.4 Å². The molecule has 0 aliphatic rings. The van der Waals surface area contributed by atoms with E-state index in [1.54, 1.807) is 12.1 Å². The van der Waals surface area contributed by atoms with E-state index in [4.69, 9.17) is 5.11 Å². The molecule has 1 rings (SSSR count). The summed E-state index contributed by atoms with van der Waals surface area (Å²) in [5.74, 6) is -0.314. The molecular weight excluding hydrogens is 250 g/mol. The number of hydrogen-bond acceptors (Lipinski definition) is 3. The molecule has 5 heteroatoms. The van der Waals surface area contributed by atoms with E-state index in [1.807, 2.05) is 6.08 Å². The lowest BCUT2D eigenvalue weighted by Gasteiger charge is -1.97. The van der Waals surface area contributed by atoms with E-state index >= 15 is 0 Å². The van der Waals surface area contributed by atoms with Gasteiger partial charge in [0.05, 0.1) is 4.92 Å². The van der Waals surface area contributed by atoms with Crippen LogP contribution in [0.15, 0.2) is 24.3 Å². The van der Waals surface area contributed by atoms with Gasteiger partial charge < -0.3 is 5.11 Å². The van der Waals surface area contributed by atoms with Gasteiger partial charge in [0.15, 0.2) is 5.75 Å². The summed E-state index contributed by atoms with van der Waals surface area (Å²) in [7, 11) is 0. The van der Waals surface area contributed by atoms with Gasteiger partial charge in [-0.1, -0.05) is 34.1 Å². The second-order valence-electron chi connectivity index (χ2n) is 2.56. The summed E-state index contributed by atoms with van der Waals surface area (Å²) >= 11 is 3.20. The maximum atomic E-state index is 10.5. The van der Waals surface area contributed by atoms with Crippen LogP contribution in [0, 0.1) is 10.1 Å². The third-order valence-corrected chi connectivity index (χ3v) is 1.97. The molecule has 0 saturated carbocycles. The number of alkyl halides is 1.